The second-order valence-electron chi connectivity index (χ2n) is 5.55. The first kappa shape index (κ1) is 17.6. The van der Waals surface area contributed by atoms with Gasteiger partial charge in [0.2, 0.25) is 0 Å². The number of nitro benzene ring substituents is 1. The van der Waals surface area contributed by atoms with E-state index in [0.717, 1.165) is 5.56 Å². The SMILES string of the molecule is CN(C)C(CNC(=O)c1ccc([N+](=O)[O-])cc1)c1cccc(F)c1. The summed E-state index contributed by atoms with van der Waals surface area (Å²) in [6.07, 6.45) is 0. The van der Waals surface area contributed by atoms with Gasteiger partial charge in [0.15, 0.2) is 0 Å². The lowest BCUT2D eigenvalue weighted by Gasteiger charge is -2.25. The Morgan fingerprint density at radius 3 is 2.46 bits per heavy atom. The van der Waals surface area contributed by atoms with Crippen LogP contribution in [0, 0.1) is 15.9 Å². The van der Waals surface area contributed by atoms with E-state index in [4.69, 9.17) is 0 Å². The minimum atomic E-state index is -0.520. The van der Waals surface area contributed by atoms with Crippen molar-refractivity contribution in [2.75, 3.05) is 20.6 Å². The van der Waals surface area contributed by atoms with E-state index < -0.39 is 4.92 Å². The highest BCUT2D eigenvalue weighted by atomic mass is 19.1. The second-order valence-corrected chi connectivity index (χ2v) is 5.55. The van der Waals surface area contributed by atoms with E-state index in [1.807, 2.05) is 19.0 Å². The molecule has 0 bridgehead atoms. The summed E-state index contributed by atoms with van der Waals surface area (Å²) in [6.45, 7) is 0.284. The fourth-order valence-electron chi connectivity index (χ4n) is 2.34. The maximum absolute atomic E-state index is 13.4. The number of hydrogen-bond donors (Lipinski definition) is 1. The van der Waals surface area contributed by atoms with Crippen LogP contribution in [0.2, 0.25) is 0 Å². The minimum Gasteiger partial charge on any atom is -0.350 e. The van der Waals surface area contributed by atoms with Crippen LogP contribution in [0.15, 0.2) is 48.5 Å². The average Bonchev–Trinajstić information content (AvgIpc) is 2.54. The van der Waals surface area contributed by atoms with Gasteiger partial charge in [0.25, 0.3) is 11.6 Å². The lowest BCUT2D eigenvalue weighted by molar-refractivity contribution is -0.384. The van der Waals surface area contributed by atoms with Crippen molar-refractivity contribution >= 4 is 11.6 Å². The summed E-state index contributed by atoms with van der Waals surface area (Å²) in [4.78, 5) is 24.2. The highest BCUT2D eigenvalue weighted by Gasteiger charge is 2.17. The first-order chi connectivity index (χ1) is 11.4. The molecule has 2 aromatic rings. The smallest absolute Gasteiger partial charge is 0.269 e. The predicted octanol–water partition coefficient (Wildman–Crippen LogP) is 2.77. The van der Waals surface area contributed by atoms with Crippen LogP contribution in [0.3, 0.4) is 0 Å². The van der Waals surface area contributed by atoms with Gasteiger partial charge in [0.05, 0.1) is 11.0 Å². The van der Waals surface area contributed by atoms with Crippen LogP contribution in [-0.2, 0) is 0 Å². The summed E-state index contributed by atoms with van der Waals surface area (Å²) < 4.78 is 13.4. The van der Waals surface area contributed by atoms with Crippen molar-refractivity contribution in [1.29, 1.82) is 0 Å². The van der Waals surface area contributed by atoms with Gasteiger partial charge in [0.1, 0.15) is 5.82 Å². The maximum atomic E-state index is 13.4. The number of hydrogen-bond acceptors (Lipinski definition) is 4. The number of nitrogens with zero attached hydrogens (tertiary/aromatic N) is 2. The van der Waals surface area contributed by atoms with Crippen molar-refractivity contribution in [3.8, 4) is 0 Å². The first-order valence-electron chi connectivity index (χ1n) is 7.33. The van der Waals surface area contributed by atoms with Crippen molar-refractivity contribution in [1.82, 2.24) is 10.2 Å². The molecule has 1 unspecified atom stereocenters. The summed E-state index contributed by atoms with van der Waals surface area (Å²) in [6, 6.07) is 11.4. The third-order valence-corrected chi connectivity index (χ3v) is 3.65. The van der Waals surface area contributed by atoms with Crippen LogP contribution >= 0.6 is 0 Å². The molecular weight excluding hydrogens is 313 g/mol. The normalized spacial score (nSPS) is 12.0. The summed E-state index contributed by atoms with van der Waals surface area (Å²) in [5.74, 6) is -0.672. The maximum Gasteiger partial charge on any atom is 0.269 e. The number of non-ortho nitro benzene ring substituents is 1. The van der Waals surface area contributed by atoms with E-state index in [9.17, 15) is 19.3 Å². The number of nitro groups is 1. The van der Waals surface area contributed by atoms with E-state index in [1.165, 1.54) is 36.4 Å². The molecule has 0 spiro atoms. The van der Waals surface area contributed by atoms with Crippen molar-refractivity contribution in [3.63, 3.8) is 0 Å². The van der Waals surface area contributed by atoms with Gasteiger partial charge in [-0.15, -0.1) is 0 Å². The molecule has 7 heteroatoms. The standard InChI is InChI=1S/C17H18FN3O3/c1-20(2)16(13-4-3-5-14(18)10-13)11-19-17(22)12-6-8-15(9-7-12)21(23)24/h3-10,16H,11H2,1-2H3,(H,19,22). The molecule has 1 amide bonds. The average molecular weight is 331 g/mol. The summed E-state index contributed by atoms with van der Waals surface area (Å²) in [7, 11) is 3.68. The van der Waals surface area contributed by atoms with Gasteiger partial charge >= 0.3 is 0 Å². The predicted molar refractivity (Wildman–Crippen MR) is 88.3 cm³/mol. The molecular formula is C17H18FN3O3. The van der Waals surface area contributed by atoms with Crippen molar-refractivity contribution < 1.29 is 14.1 Å². The molecule has 0 fully saturated rings. The highest BCUT2D eigenvalue weighted by molar-refractivity contribution is 5.94. The van der Waals surface area contributed by atoms with E-state index in [1.54, 1.807) is 12.1 Å². The molecule has 2 aromatic carbocycles. The molecule has 6 nitrogen and oxygen atoms in total. The Balaban J connectivity index is 2.06. The zero-order valence-electron chi connectivity index (χ0n) is 13.4. The summed E-state index contributed by atoms with van der Waals surface area (Å²) >= 11 is 0. The monoisotopic (exact) mass is 331 g/mol. The van der Waals surface area contributed by atoms with E-state index in [0.29, 0.717) is 5.56 Å². The Morgan fingerprint density at radius 2 is 1.92 bits per heavy atom. The van der Waals surface area contributed by atoms with Gasteiger partial charge in [-0.05, 0) is 43.9 Å². The lowest BCUT2D eigenvalue weighted by atomic mass is 10.1. The zero-order chi connectivity index (χ0) is 17.7. The Kier molecular flexibility index (Phi) is 5.59. The fourth-order valence-corrected chi connectivity index (χ4v) is 2.34. The number of amides is 1. The third kappa shape index (κ3) is 4.36. The molecule has 0 radical (unpaired) electrons. The quantitative estimate of drug-likeness (QED) is 0.652. The molecule has 0 saturated heterocycles. The van der Waals surface area contributed by atoms with Gasteiger partial charge in [-0.3, -0.25) is 14.9 Å². The van der Waals surface area contributed by atoms with Gasteiger partial charge in [-0.2, -0.15) is 0 Å². The largest absolute Gasteiger partial charge is 0.350 e. The molecule has 126 valence electrons. The lowest BCUT2D eigenvalue weighted by Crippen LogP contribution is -2.34. The molecule has 24 heavy (non-hydrogen) atoms. The molecule has 0 saturated carbocycles. The number of carbonyl (C=O) groups is 1. The molecule has 1 N–H and O–H groups in total. The number of halogens is 1. The highest BCUT2D eigenvalue weighted by Crippen LogP contribution is 2.18. The molecule has 0 aromatic heterocycles. The number of likely N-dealkylation sites (N-methyl/N-ethyl adjacent to an activating group) is 1. The van der Waals surface area contributed by atoms with Crippen LogP contribution in [0.1, 0.15) is 22.0 Å². The molecule has 0 heterocycles. The molecule has 0 aliphatic carbocycles. The minimum absolute atomic E-state index is 0.0718. The Morgan fingerprint density at radius 1 is 1.25 bits per heavy atom. The van der Waals surface area contributed by atoms with Crippen LogP contribution in [0.5, 0.6) is 0 Å². The summed E-state index contributed by atoms with van der Waals surface area (Å²) in [5.41, 5.74) is 1.01. The number of nitrogens with one attached hydrogen (secondary N) is 1. The van der Waals surface area contributed by atoms with E-state index >= 15 is 0 Å². The van der Waals surface area contributed by atoms with Crippen molar-refractivity contribution in [2.24, 2.45) is 0 Å². The van der Waals surface area contributed by atoms with Crippen LogP contribution < -0.4 is 5.32 Å². The van der Waals surface area contributed by atoms with Gasteiger partial charge in [0, 0.05) is 24.2 Å². The zero-order valence-corrected chi connectivity index (χ0v) is 13.4. The topological polar surface area (TPSA) is 75.5 Å². The third-order valence-electron chi connectivity index (χ3n) is 3.65. The van der Waals surface area contributed by atoms with Gasteiger partial charge in [-0.25, -0.2) is 4.39 Å². The second kappa shape index (κ2) is 7.65. The van der Waals surface area contributed by atoms with Crippen molar-refractivity contribution in [2.45, 2.75) is 6.04 Å². The van der Waals surface area contributed by atoms with E-state index in [2.05, 4.69) is 5.32 Å². The molecule has 0 aliphatic rings. The van der Waals surface area contributed by atoms with Gasteiger partial charge in [-0.1, -0.05) is 12.1 Å². The van der Waals surface area contributed by atoms with Crippen LogP contribution in [0.25, 0.3) is 0 Å². The Bertz CT molecular complexity index is 732. The summed E-state index contributed by atoms with van der Waals surface area (Å²) in [5, 5.41) is 13.4. The molecule has 0 aliphatic heterocycles. The van der Waals surface area contributed by atoms with Crippen LogP contribution in [-0.4, -0.2) is 36.4 Å². The number of rotatable bonds is 6. The number of carbonyl (C=O) groups excluding carboxylic acids is 1. The Hall–Kier alpha value is -2.80. The Labute approximate surface area is 139 Å². The molecule has 2 rings (SSSR count). The molecule has 1 atom stereocenters. The first-order valence-corrected chi connectivity index (χ1v) is 7.33. The van der Waals surface area contributed by atoms with Gasteiger partial charge < -0.3 is 10.2 Å². The van der Waals surface area contributed by atoms with Crippen LogP contribution in [0.4, 0.5) is 10.1 Å². The fraction of sp³-hybridized carbons (Fsp3) is 0.235. The van der Waals surface area contributed by atoms with Crippen molar-refractivity contribution in [3.05, 3.63) is 75.6 Å². The number of benzene rings is 2. The van der Waals surface area contributed by atoms with E-state index in [-0.39, 0.29) is 30.0 Å².